The molecule has 0 atom stereocenters. The standard InChI is InChI=1S/C18H14ClNO2S/c1-11-5-3-8-15(12(11)2)20-17(21)16(23-18(20)22)10-13-6-4-7-14(19)9-13/h3-10H,1-2H3/b16-10-. The van der Waals surface area contributed by atoms with Gasteiger partial charge < -0.3 is 0 Å². The molecule has 0 saturated carbocycles. The Balaban J connectivity index is 1.99. The van der Waals surface area contributed by atoms with Crippen molar-refractivity contribution in [3.8, 4) is 0 Å². The third-order valence-electron chi connectivity index (χ3n) is 3.76. The number of carbonyl (C=O) groups is 2. The van der Waals surface area contributed by atoms with E-state index in [4.69, 9.17) is 11.6 Å². The van der Waals surface area contributed by atoms with Gasteiger partial charge in [-0.3, -0.25) is 9.59 Å². The molecule has 1 aliphatic rings. The Morgan fingerprint density at radius 2 is 1.83 bits per heavy atom. The van der Waals surface area contributed by atoms with Gasteiger partial charge in [0, 0.05) is 5.02 Å². The monoisotopic (exact) mass is 343 g/mol. The SMILES string of the molecule is Cc1cccc(N2C(=O)S/C(=C\c3cccc(Cl)c3)C2=O)c1C. The Labute approximate surface area is 143 Å². The van der Waals surface area contributed by atoms with E-state index in [0.29, 0.717) is 15.6 Å². The lowest BCUT2D eigenvalue weighted by molar-refractivity contribution is -0.113. The number of imide groups is 1. The van der Waals surface area contributed by atoms with Crippen LogP contribution in [0.15, 0.2) is 47.4 Å². The summed E-state index contributed by atoms with van der Waals surface area (Å²) in [6.45, 7) is 3.87. The number of aryl methyl sites for hydroxylation is 1. The Morgan fingerprint density at radius 3 is 2.57 bits per heavy atom. The first-order valence-corrected chi connectivity index (χ1v) is 8.26. The van der Waals surface area contributed by atoms with Crippen LogP contribution in [0, 0.1) is 13.8 Å². The number of carbonyl (C=O) groups excluding carboxylic acids is 2. The van der Waals surface area contributed by atoms with Gasteiger partial charge in [-0.15, -0.1) is 0 Å². The Bertz CT molecular complexity index is 845. The van der Waals surface area contributed by atoms with Crippen molar-refractivity contribution >= 4 is 46.3 Å². The van der Waals surface area contributed by atoms with Crippen molar-refractivity contribution in [1.82, 2.24) is 0 Å². The molecule has 0 spiro atoms. The molecule has 23 heavy (non-hydrogen) atoms. The molecule has 2 amide bonds. The van der Waals surface area contributed by atoms with Crippen molar-refractivity contribution in [3.05, 3.63) is 69.1 Å². The highest BCUT2D eigenvalue weighted by Gasteiger charge is 2.37. The van der Waals surface area contributed by atoms with Crippen LogP contribution in [0.1, 0.15) is 16.7 Å². The van der Waals surface area contributed by atoms with Gasteiger partial charge in [-0.25, -0.2) is 4.90 Å². The van der Waals surface area contributed by atoms with Gasteiger partial charge >= 0.3 is 0 Å². The lowest BCUT2D eigenvalue weighted by Gasteiger charge is -2.16. The fourth-order valence-electron chi connectivity index (χ4n) is 2.40. The molecule has 2 aromatic rings. The number of amides is 2. The molecular weight excluding hydrogens is 330 g/mol. The predicted molar refractivity (Wildman–Crippen MR) is 95.8 cm³/mol. The molecule has 1 saturated heterocycles. The molecular formula is C18H14ClNO2S. The van der Waals surface area contributed by atoms with Gasteiger partial charge in [-0.2, -0.15) is 0 Å². The van der Waals surface area contributed by atoms with E-state index >= 15 is 0 Å². The number of nitrogens with zero attached hydrogens (tertiary/aromatic N) is 1. The minimum Gasteiger partial charge on any atom is -0.268 e. The Morgan fingerprint density at radius 1 is 1.09 bits per heavy atom. The molecule has 2 aromatic carbocycles. The lowest BCUT2D eigenvalue weighted by atomic mass is 10.1. The zero-order valence-corrected chi connectivity index (χ0v) is 14.2. The first-order chi connectivity index (χ1) is 11.0. The van der Waals surface area contributed by atoms with Crippen LogP contribution in [0.25, 0.3) is 6.08 Å². The van der Waals surface area contributed by atoms with Crippen LogP contribution in [-0.4, -0.2) is 11.1 Å². The highest BCUT2D eigenvalue weighted by atomic mass is 35.5. The van der Waals surface area contributed by atoms with Crippen LogP contribution in [0.4, 0.5) is 10.5 Å². The summed E-state index contributed by atoms with van der Waals surface area (Å²) in [6, 6.07) is 12.8. The van der Waals surface area contributed by atoms with Crippen molar-refractivity contribution < 1.29 is 9.59 Å². The number of halogens is 1. The summed E-state index contributed by atoms with van der Waals surface area (Å²) in [5, 5.41) is 0.310. The summed E-state index contributed by atoms with van der Waals surface area (Å²) < 4.78 is 0. The minimum absolute atomic E-state index is 0.281. The van der Waals surface area contributed by atoms with Crippen LogP contribution < -0.4 is 4.90 Å². The number of hydrogen-bond acceptors (Lipinski definition) is 3. The zero-order chi connectivity index (χ0) is 16.6. The van der Waals surface area contributed by atoms with Gasteiger partial charge in [0.2, 0.25) is 0 Å². The number of rotatable bonds is 2. The molecule has 0 bridgehead atoms. The van der Waals surface area contributed by atoms with Crippen LogP contribution >= 0.6 is 23.4 Å². The zero-order valence-electron chi connectivity index (χ0n) is 12.7. The van der Waals surface area contributed by atoms with Crippen LogP contribution in [0.2, 0.25) is 5.02 Å². The number of benzene rings is 2. The number of thioether (sulfide) groups is 1. The minimum atomic E-state index is -0.298. The van der Waals surface area contributed by atoms with Gasteiger partial charge in [0.15, 0.2) is 0 Å². The summed E-state index contributed by atoms with van der Waals surface area (Å²) in [6.07, 6.45) is 1.70. The topological polar surface area (TPSA) is 37.4 Å². The normalized spacial score (nSPS) is 16.5. The first kappa shape index (κ1) is 15.8. The summed E-state index contributed by atoms with van der Waals surface area (Å²) in [5.74, 6) is -0.298. The maximum atomic E-state index is 12.7. The quantitative estimate of drug-likeness (QED) is 0.703. The highest BCUT2D eigenvalue weighted by Crippen LogP contribution is 2.37. The van der Waals surface area contributed by atoms with Crippen molar-refractivity contribution in [3.63, 3.8) is 0 Å². The van der Waals surface area contributed by atoms with E-state index in [2.05, 4.69) is 0 Å². The largest absolute Gasteiger partial charge is 0.298 e. The third-order valence-corrected chi connectivity index (χ3v) is 4.86. The van der Waals surface area contributed by atoms with Crippen LogP contribution in [0.3, 0.4) is 0 Å². The summed E-state index contributed by atoms with van der Waals surface area (Å²) in [7, 11) is 0. The Kier molecular flexibility index (Phi) is 4.28. The van der Waals surface area contributed by atoms with Crippen LogP contribution in [0.5, 0.6) is 0 Å². The van der Waals surface area contributed by atoms with Gasteiger partial charge in [0.25, 0.3) is 11.1 Å². The van der Waals surface area contributed by atoms with E-state index < -0.39 is 0 Å². The van der Waals surface area contributed by atoms with Crippen LogP contribution in [-0.2, 0) is 4.79 Å². The van der Waals surface area contributed by atoms with E-state index in [1.165, 1.54) is 4.90 Å². The van der Waals surface area contributed by atoms with Crippen molar-refractivity contribution in [2.24, 2.45) is 0 Å². The molecule has 0 N–H and O–H groups in total. The molecule has 3 nitrogen and oxygen atoms in total. The fourth-order valence-corrected chi connectivity index (χ4v) is 3.43. The molecule has 0 radical (unpaired) electrons. The van der Waals surface area contributed by atoms with E-state index in [0.717, 1.165) is 28.5 Å². The molecule has 116 valence electrons. The van der Waals surface area contributed by atoms with Gasteiger partial charge in [0.1, 0.15) is 0 Å². The molecule has 1 aliphatic heterocycles. The number of anilines is 1. The molecule has 0 unspecified atom stereocenters. The maximum Gasteiger partial charge on any atom is 0.298 e. The van der Waals surface area contributed by atoms with Crippen molar-refractivity contribution in [1.29, 1.82) is 0 Å². The second kappa shape index (κ2) is 6.22. The summed E-state index contributed by atoms with van der Waals surface area (Å²) in [4.78, 5) is 26.6. The van der Waals surface area contributed by atoms with Crippen molar-refractivity contribution in [2.75, 3.05) is 4.90 Å². The summed E-state index contributed by atoms with van der Waals surface area (Å²) in [5.41, 5.74) is 3.41. The molecule has 1 heterocycles. The van der Waals surface area contributed by atoms with E-state index in [-0.39, 0.29) is 11.1 Å². The average Bonchev–Trinajstić information content (AvgIpc) is 2.77. The van der Waals surface area contributed by atoms with Gasteiger partial charge in [-0.1, -0.05) is 35.9 Å². The van der Waals surface area contributed by atoms with Gasteiger partial charge in [-0.05, 0) is 66.6 Å². The van der Waals surface area contributed by atoms with E-state index in [1.807, 2.05) is 38.1 Å². The average molecular weight is 344 g/mol. The third kappa shape index (κ3) is 3.05. The molecule has 3 rings (SSSR count). The summed E-state index contributed by atoms with van der Waals surface area (Å²) >= 11 is 6.91. The molecule has 0 aromatic heterocycles. The maximum absolute atomic E-state index is 12.7. The molecule has 5 heteroatoms. The highest BCUT2D eigenvalue weighted by molar-refractivity contribution is 8.19. The first-order valence-electron chi connectivity index (χ1n) is 7.07. The predicted octanol–water partition coefficient (Wildman–Crippen LogP) is 5.20. The Hall–Kier alpha value is -2.04. The number of hydrogen-bond donors (Lipinski definition) is 0. The smallest absolute Gasteiger partial charge is 0.268 e. The second-order valence-corrected chi connectivity index (χ2v) is 6.72. The molecule has 0 aliphatic carbocycles. The van der Waals surface area contributed by atoms with Crippen molar-refractivity contribution in [2.45, 2.75) is 13.8 Å². The van der Waals surface area contributed by atoms with E-state index in [9.17, 15) is 9.59 Å². The second-order valence-electron chi connectivity index (χ2n) is 5.29. The fraction of sp³-hybridized carbons (Fsp3) is 0.111. The molecule has 1 fully saturated rings. The lowest BCUT2D eigenvalue weighted by Crippen LogP contribution is -2.28. The van der Waals surface area contributed by atoms with E-state index in [1.54, 1.807) is 24.3 Å². The van der Waals surface area contributed by atoms with Gasteiger partial charge in [0.05, 0.1) is 10.6 Å².